The quantitative estimate of drug-likeness (QED) is 0.148. The largest absolute Gasteiger partial charge is 0.494 e. The van der Waals surface area contributed by atoms with Crippen LogP contribution >= 0.6 is 0 Å². The first kappa shape index (κ1) is 34.2. The predicted octanol–water partition coefficient (Wildman–Crippen LogP) is 6.15. The number of nitrogens with zero attached hydrogens (tertiary/aromatic N) is 2. The number of aryl methyl sites for hydroxylation is 1. The molecule has 0 saturated heterocycles. The van der Waals surface area contributed by atoms with Crippen LogP contribution in [0.2, 0.25) is 0 Å². The fraction of sp³-hybridized carbons (Fsp3) is 0.297. The highest BCUT2D eigenvalue weighted by molar-refractivity contribution is 7.92. The van der Waals surface area contributed by atoms with Gasteiger partial charge in [-0.2, -0.15) is 0 Å². The molecule has 0 bridgehead atoms. The standard InChI is InChI=1S/C37H43N3O5S/c1-4-6-25-38-37(42)35(26-30-13-9-7-10-14-30)39(27-31-15-11-8-12-16-31)36(41)28-40(32-19-21-33(22-20-32)45-5-2)46(43,44)34-23-17-29(3)18-24-34/h7-24,35H,4-6,25-28H2,1-3H3,(H,38,42). The molecule has 0 radical (unpaired) electrons. The molecule has 2 amide bonds. The molecule has 4 aromatic rings. The van der Waals surface area contributed by atoms with Gasteiger partial charge in [0.25, 0.3) is 10.0 Å². The van der Waals surface area contributed by atoms with Gasteiger partial charge in [-0.25, -0.2) is 8.42 Å². The molecule has 1 unspecified atom stereocenters. The fourth-order valence-electron chi connectivity index (χ4n) is 5.08. The Morgan fingerprint density at radius 1 is 0.804 bits per heavy atom. The third-order valence-electron chi connectivity index (χ3n) is 7.62. The van der Waals surface area contributed by atoms with E-state index in [0.717, 1.165) is 33.8 Å². The van der Waals surface area contributed by atoms with Crippen LogP contribution in [0.1, 0.15) is 43.4 Å². The number of nitrogens with one attached hydrogen (secondary N) is 1. The lowest BCUT2D eigenvalue weighted by atomic mass is 10.0. The normalized spacial score (nSPS) is 11.8. The summed E-state index contributed by atoms with van der Waals surface area (Å²) < 4.78 is 35.1. The topological polar surface area (TPSA) is 96.0 Å². The van der Waals surface area contributed by atoms with E-state index in [1.807, 2.05) is 81.4 Å². The molecule has 0 heterocycles. The highest BCUT2D eigenvalue weighted by Gasteiger charge is 2.34. The van der Waals surface area contributed by atoms with Gasteiger partial charge in [0, 0.05) is 19.5 Å². The number of carbonyl (C=O) groups excluding carboxylic acids is 2. The van der Waals surface area contributed by atoms with Crippen molar-refractivity contribution in [3.63, 3.8) is 0 Å². The van der Waals surface area contributed by atoms with Crippen molar-refractivity contribution in [3.8, 4) is 5.75 Å². The maximum atomic E-state index is 14.5. The van der Waals surface area contributed by atoms with E-state index in [1.165, 1.54) is 17.0 Å². The third kappa shape index (κ3) is 9.20. The first-order valence-electron chi connectivity index (χ1n) is 15.7. The summed E-state index contributed by atoms with van der Waals surface area (Å²) in [4.78, 5) is 29.9. The van der Waals surface area contributed by atoms with Gasteiger partial charge in [0.15, 0.2) is 0 Å². The predicted molar refractivity (Wildman–Crippen MR) is 182 cm³/mol. The van der Waals surface area contributed by atoms with Crippen LogP contribution in [0.15, 0.2) is 114 Å². The van der Waals surface area contributed by atoms with Crippen molar-refractivity contribution in [1.82, 2.24) is 10.2 Å². The number of rotatable bonds is 16. The minimum Gasteiger partial charge on any atom is -0.494 e. The molecule has 8 nitrogen and oxygen atoms in total. The highest BCUT2D eigenvalue weighted by Crippen LogP contribution is 2.27. The van der Waals surface area contributed by atoms with Gasteiger partial charge in [-0.15, -0.1) is 0 Å². The Bertz CT molecular complexity index is 1650. The molecule has 0 aliphatic rings. The average Bonchev–Trinajstić information content (AvgIpc) is 3.07. The van der Waals surface area contributed by atoms with Gasteiger partial charge in [0.2, 0.25) is 11.8 Å². The lowest BCUT2D eigenvalue weighted by Crippen LogP contribution is -2.53. The average molecular weight is 642 g/mol. The fourth-order valence-corrected chi connectivity index (χ4v) is 6.50. The summed E-state index contributed by atoms with van der Waals surface area (Å²) in [6.07, 6.45) is 1.98. The van der Waals surface area contributed by atoms with Crippen LogP contribution in [0.5, 0.6) is 5.75 Å². The molecule has 0 fully saturated rings. The van der Waals surface area contributed by atoms with Gasteiger partial charge < -0.3 is 15.0 Å². The molecule has 4 rings (SSSR count). The maximum Gasteiger partial charge on any atom is 0.264 e. The Kier molecular flexibility index (Phi) is 12.4. The van der Waals surface area contributed by atoms with Gasteiger partial charge in [0.05, 0.1) is 17.2 Å². The number of benzene rings is 4. The summed E-state index contributed by atoms with van der Waals surface area (Å²) in [6.45, 7) is 6.35. The van der Waals surface area contributed by atoms with Crippen molar-refractivity contribution in [2.45, 2.75) is 57.5 Å². The van der Waals surface area contributed by atoms with Gasteiger partial charge in [0.1, 0.15) is 18.3 Å². The Balaban J connectivity index is 1.77. The number of unbranched alkanes of at least 4 members (excludes halogenated alkanes) is 1. The van der Waals surface area contributed by atoms with Crippen molar-refractivity contribution in [3.05, 3.63) is 126 Å². The number of carbonyl (C=O) groups is 2. The minimum absolute atomic E-state index is 0.0625. The summed E-state index contributed by atoms with van der Waals surface area (Å²) >= 11 is 0. The van der Waals surface area contributed by atoms with E-state index in [-0.39, 0.29) is 23.8 Å². The highest BCUT2D eigenvalue weighted by atomic mass is 32.2. The van der Waals surface area contributed by atoms with E-state index in [4.69, 9.17) is 4.74 Å². The number of hydrogen-bond donors (Lipinski definition) is 1. The minimum atomic E-state index is -4.18. The van der Waals surface area contributed by atoms with Crippen molar-refractivity contribution in [1.29, 1.82) is 0 Å². The van der Waals surface area contributed by atoms with Crippen molar-refractivity contribution >= 4 is 27.5 Å². The second-order valence-corrected chi connectivity index (χ2v) is 13.0. The molecular formula is C37H43N3O5S. The lowest BCUT2D eigenvalue weighted by molar-refractivity contribution is -0.140. The molecule has 0 aromatic heterocycles. The number of ether oxygens (including phenoxy) is 1. The molecule has 1 N–H and O–H groups in total. The number of anilines is 1. The molecule has 1 atom stereocenters. The van der Waals surface area contributed by atoms with E-state index in [2.05, 4.69) is 5.32 Å². The third-order valence-corrected chi connectivity index (χ3v) is 9.41. The summed E-state index contributed by atoms with van der Waals surface area (Å²) in [6, 6.07) is 31.2. The Hall–Kier alpha value is -4.63. The van der Waals surface area contributed by atoms with Gasteiger partial charge >= 0.3 is 0 Å². The Labute approximate surface area is 273 Å². The molecule has 0 aliphatic carbocycles. The van der Waals surface area contributed by atoms with Crippen molar-refractivity contribution in [2.24, 2.45) is 0 Å². The summed E-state index contributed by atoms with van der Waals surface area (Å²) in [5.74, 6) is -0.196. The molecule has 0 saturated carbocycles. The van der Waals surface area contributed by atoms with E-state index in [0.29, 0.717) is 24.6 Å². The van der Waals surface area contributed by atoms with Crippen LogP contribution < -0.4 is 14.4 Å². The summed E-state index contributed by atoms with van der Waals surface area (Å²) in [7, 11) is -4.18. The zero-order chi connectivity index (χ0) is 32.9. The molecule has 46 heavy (non-hydrogen) atoms. The molecule has 0 aliphatic heterocycles. The number of sulfonamides is 1. The number of amides is 2. The lowest BCUT2D eigenvalue weighted by Gasteiger charge is -2.34. The second-order valence-electron chi connectivity index (χ2n) is 11.1. The van der Waals surface area contributed by atoms with Crippen LogP contribution in [-0.2, 0) is 32.6 Å². The molecule has 0 spiro atoms. The first-order valence-corrected chi connectivity index (χ1v) is 17.1. The van der Waals surface area contributed by atoms with Crippen molar-refractivity contribution < 1.29 is 22.7 Å². The van der Waals surface area contributed by atoms with Crippen LogP contribution in [0.4, 0.5) is 5.69 Å². The molecular weight excluding hydrogens is 598 g/mol. The van der Waals surface area contributed by atoms with Gasteiger partial charge in [-0.3, -0.25) is 13.9 Å². The van der Waals surface area contributed by atoms with Gasteiger partial charge in [-0.05, 0) is 67.8 Å². The Morgan fingerprint density at radius 2 is 1.41 bits per heavy atom. The van der Waals surface area contributed by atoms with E-state index < -0.39 is 28.5 Å². The summed E-state index contributed by atoms with van der Waals surface area (Å²) in [5.41, 5.74) is 2.93. The monoisotopic (exact) mass is 641 g/mol. The number of hydrogen-bond acceptors (Lipinski definition) is 5. The maximum absolute atomic E-state index is 14.5. The first-order chi connectivity index (χ1) is 22.2. The van der Waals surface area contributed by atoms with Crippen molar-refractivity contribution in [2.75, 3.05) is 24.0 Å². The van der Waals surface area contributed by atoms with Crippen LogP contribution in [0.3, 0.4) is 0 Å². The second kappa shape index (κ2) is 16.6. The zero-order valence-corrected chi connectivity index (χ0v) is 27.6. The van der Waals surface area contributed by atoms with Gasteiger partial charge in [-0.1, -0.05) is 91.7 Å². The van der Waals surface area contributed by atoms with E-state index in [9.17, 15) is 18.0 Å². The van der Waals surface area contributed by atoms with E-state index >= 15 is 0 Å². The van der Waals surface area contributed by atoms with Crippen LogP contribution in [0, 0.1) is 6.92 Å². The van der Waals surface area contributed by atoms with Crippen LogP contribution in [-0.4, -0.2) is 50.9 Å². The molecule has 9 heteroatoms. The van der Waals surface area contributed by atoms with Crippen LogP contribution in [0.25, 0.3) is 0 Å². The molecule has 242 valence electrons. The zero-order valence-electron chi connectivity index (χ0n) is 26.8. The van der Waals surface area contributed by atoms with E-state index in [1.54, 1.807) is 36.4 Å². The summed E-state index contributed by atoms with van der Waals surface area (Å²) in [5, 5.41) is 3.01. The molecule has 4 aromatic carbocycles. The smallest absolute Gasteiger partial charge is 0.264 e. The Morgan fingerprint density at radius 3 is 2.00 bits per heavy atom. The SMILES string of the molecule is CCCCNC(=O)C(Cc1ccccc1)N(Cc1ccccc1)C(=O)CN(c1ccc(OCC)cc1)S(=O)(=O)c1ccc(C)cc1.